The molecule has 424 valence electrons. The molecule has 11 rings (SSSR count). The zero-order valence-corrected chi connectivity index (χ0v) is 49.8. The topological polar surface area (TPSA) is 170 Å². The van der Waals surface area contributed by atoms with E-state index in [0.717, 1.165) is 89.9 Å². The Bertz CT molecular complexity index is 2560. The molecule has 0 saturated heterocycles. The van der Waals surface area contributed by atoms with Gasteiger partial charge >= 0.3 is 0 Å². The SMILES string of the molecule is CC1(C)CC[C@@]2(C(=O)NCCn3cc(CNC(=O)[C@]45CCC(C)(C)CC4C4=CCC6[C@@]7(C)CC[C@H](O)C(C)(C)C7CC[C@@]6(C)[C@]4(C)C[C@H]5O)nn3)C(C1)C1=CCC3[C@@]4(C)CC[C@H](O)C(C)(C)C4CC[C@@]3(C)[C@]1(C)C[C@H]2O. The van der Waals surface area contributed by atoms with Crippen molar-refractivity contribution in [3.8, 4) is 0 Å². The number of hydrogen-bond donors (Lipinski definition) is 6. The zero-order valence-electron chi connectivity index (χ0n) is 49.8. The molecule has 76 heavy (non-hydrogen) atoms. The third-order valence-corrected chi connectivity index (χ3v) is 27.8. The summed E-state index contributed by atoms with van der Waals surface area (Å²) in [6.45, 7) is 34.4. The molecule has 0 spiro atoms. The fourth-order valence-electron chi connectivity index (χ4n) is 22.8. The third-order valence-electron chi connectivity index (χ3n) is 27.8. The molecule has 0 bridgehead atoms. The Morgan fingerprint density at radius 2 is 0.974 bits per heavy atom. The number of aromatic nitrogens is 3. The van der Waals surface area contributed by atoms with Crippen molar-refractivity contribution in [3.05, 3.63) is 35.2 Å². The smallest absolute Gasteiger partial charge is 0.229 e. The number of amides is 2. The molecule has 8 fully saturated rings. The predicted molar refractivity (Wildman–Crippen MR) is 298 cm³/mol. The van der Waals surface area contributed by atoms with Crippen LogP contribution in [0.3, 0.4) is 0 Å². The van der Waals surface area contributed by atoms with E-state index in [-0.39, 0.29) is 96.6 Å². The fourth-order valence-corrected chi connectivity index (χ4v) is 22.8. The Balaban J connectivity index is 0.779. The number of carbonyl (C=O) groups is 2. The van der Waals surface area contributed by atoms with E-state index in [9.17, 15) is 20.4 Å². The lowest BCUT2D eigenvalue weighted by Crippen LogP contribution is -2.68. The quantitative estimate of drug-likeness (QED) is 0.147. The molecule has 2 amide bonds. The van der Waals surface area contributed by atoms with Gasteiger partial charge in [0.25, 0.3) is 0 Å². The van der Waals surface area contributed by atoms with Crippen LogP contribution in [0.2, 0.25) is 0 Å². The molecule has 0 radical (unpaired) electrons. The van der Waals surface area contributed by atoms with Gasteiger partial charge in [-0.25, -0.2) is 0 Å². The van der Waals surface area contributed by atoms with Gasteiger partial charge in [0.2, 0.25) is 11.8 Å². The average molecular weight is 1050 g/mol. The van der Waals surface area contributed by atoms with Crippen molar-refractivity contribution in [2.45, 2.75) is 250 Å². The second-order valence-electron chi connectivity index (χ2n) is 32.6. The normalized spacial score (nSPS) is 49.2. The predicted octanol–water partition coefficient (Wildman–Crippen LogP) is 11.3. The van der Waals surface area contributed by atoms with Crippen molar-refractivity contribution in [1.29, 1.82) is 0 Å². The van der Waals surface area contributed by atoms with E-state index in [2.05, 4.69) is 130 Å². The molecule has 18 atom stereocenters. The molecule has 11 nitrogen and oxygen atoms in total. The van der Waals surface area contributed by atoms with Crippen LogP contribution in [0.5, 0.6) is 0 Å². The minimum Gasteiger partial charge on any atom is -0.393 e. The molecule has 1 heterocycles. The molecule has 1 aromatic rings. The van der Waals surface area contributed by atoms with Crippen molar-refractivity contribution in [1.82, 2.24) is 25.6 Å². The maximum Gasteiger partial charge on any atom is 0.229 e. The summed E-state index contributed by atoms with van der Waals surface area (Å²) in [6.07, 6.45) is 20.8. The molecule has 11 heteroatoms. The van der Waals surface area contributed by atoms with Gasteiger partial charge in [0.15, 0.2) is 0 Å². The van der Waals surface area contributed by atoms with Gasteiger partial charge in [-0.2, -0.15) is 0 Å². The number of nitrogens with one attached hydrogen (secondary N) is 2. The number of rotatable bonds is 7. The standard InChI is InChI=1S/C65H103N5O6/c1-54(2)27-29-64(42(33-54)40-15-17-46-58(9)23-21-48(71)56(5,6)44(58)19-25-60(46,11)62(40,13)35-50(64)73)52(75)66-31-32-70-38-39(68-69-70)37-67-53(76)65-30-28-55(3,4)34-43(65)41-16-18-47-59(10)24-22-49(72)57(7,8)45(59)20-26-61(47,12)63(41,14)36-51(65)74/h15-16,38,42-51,71-74H,17-37H2,1-14H3,(H,66,75)(H,67,76)/t42?,43?,44?,45?,46?,47?,48-,49-,50+,51+,58-,59-,60+,61+,62+,63+,64+,65+/m0/s1. The van der Waals surface area contributed by atoms with Gasteiger partial charge in [-0.3, -0.25) is 14.3 Å². The van der Waals surface area contributed by atoms with Gasteiger partial charge in [-0.05, 0) is 205 Å². The molecule has 6 unspecified atom stereocenters. The number of hydrogen-bond acceptors (Lipinski definition) is 8. The zero-order chi connectivity index (χ0) is 55.0. The second kappa shape index (κ2) is 17.5. The highest BCUT2D eigenvalue weighted by Gasteiger charge is 2.73. The molecule has 10 aliphatic carbocycles. The number of aliphatic hydroxyl groups is 4. The Hall–Kier alpha value is -2.60. The Morgan fingerprint density at radius 3 is 1.42 bits per heavy atom. The Labute approximate surface area is 457 Å². The van der Waals surface area contributed by atoms with Crippen LogP contribution in [0.4, 0.5) is 0 Å². The van der Waals surface area contributed by atoms with Crippen LogP contribution < -0.4 is 10.6 Å². The summed E-state index contributed by atoms with van der Waals surface area (Å²) in [6, 6.07) is 0. The summed E-state index contributed by atoms with van der Waals surface area (Å²) in [7, 11) is 0. The minimum atomic E-state index is -0.934. The molecule has 10 aliphatic rings. The molecular weight excluding hydrogens is 947 g/mol. The number of fused-ring (bicyclic) bond motifs is 14. The Morgan fingerprint density at radius 1 is 0.539 bits per heavy atom. The summed E-state index contributed by atoms with van der Waals surface area (Å²) in [5, 5.41) is 63.6. The van der Waals surface area contributed by atoms with Gasteiger partial charge in [0, 0.05) is 6.54 Å². The van der Waals surface area contributed by atoms with Crippen molar-refractivity contribution in [2.75, 3.05) is 6.54 Å². The van der Waals surface area contributed by atoms with Crippen molar-refractivity contribution < 1.29 is 30.0 Å². The monoisotopic (exact) mass is 1050 g/mol. The first-order valence-electron chi connectivity index (χ1n) is 30.8. The molecule has 6 N–H and O–H groups in total. The lowest BCUT2D eigenvalue weighted by Gasteiger charge is -2.71. The van der Waals surface area contributed by atoms with Crippen LogP contribution >= 0.6 is 0 Å². The van der Waals surface area contributed by atoms with E-state index < -0.39 is 23.0 Å². The van der Waals surface area contributed by atoms with E-state index in [1.54, 1.807) is 4.68 Å². The van der Waals surface area contributed by atoms with Crippen LogP contribution in [-0.2, 0) is 22.7 Å². The largest absolute Gasteiger partial charge is 0.393 e. The highest BCUT2D eigenvalue weighted by molar-refractivity contribution is 5.85. The van der Waals surface area contributed by atoms with Gasteiger partial charge in [-0.15, -0.1) is 5.10 Å². The van der Waals surface area contributed by atoms with E-state index in [1.807, 2.05) is 6.20 Å². The highest BCUT2D eigenvalue weighted by atomic mass is 16.3. The van der Waals surface area contributed by atoms with Crippen molar-refractivity contribution in [3.63, 3.8) is 0 Å². The average Bonchev–Trinajstić information content (AvgIpc) is 3.95. The van der Waals surface area contributed by atoms with Crippen LogP contribution in [-0.4, -0.2) is 78.2 Å². The first-order chi connectivity index (χ1) is 35.2. The van der Waals surface area contributed by atoms with E-state index in [0.29, 0.717) is 68.1 Å². The van der Waals surface area contributed by atoms with Crippen LogP contribution in [0, 0.1) is 100 Å². The lowest BCUT2D eigenvalue weighted by atomic mass is 9.33. The Kier molecular flexibility index (Phi) is 12.7. The van der Waals surface area contributed by atoms with Crippen LogP contribution in [0.1, 0.15) is 218 Å². The fraction of sp³-hybridized carbons (Fsp3) is 0.877. The molecule has 1 aromatic heterocycles. The maximum absolute atomic E-state index is 15.1. The first-order valence-corrected chi connectivity index (χ1v) is 30.8. The summed E-state index contributed by atoms with van der Waals surface area (Å²) in [5.41, 5.74) is 1.05. The van der Waals surface area contributed by atoms with Gasteiger partial charge in [0.1, 0.15) is 5.69 Å². The molecule has 0 aromatic carbocycles. The van der Waals surface area contributed by atoms with Gasteiger partial charge in [-0.1, -0.05) is 125 Å². The summed E-state index contributed by atoms with van der Waals surface area (Å²) in [4.78, 5) is 30.1. The first kappa shape index (κ1) is 55.3. The molecular formula is C65H103N5O6. The van der Waals surface area contributed by atoms with Crippen LogP contribution in [0.25, 0.3) is 0 Å². The summed E-state index contributed by atoms with van der Waals surface area (Å²) >= 11 is 0. The number of aliphatic hydroxyl groups excluding tert-OH is 4. The van der Waals surface area contributed by atoms with E-state index in [1.165, 1.54) is 11.1 Å². The van der Waals surface area contributed by atoms with Crippen LogP contribution in [0.15, 0.2) is 29.5 Å². The lowest BCUT2D eigenvalue weighted by molar-refractivity contribution is -0.215. The van der Waals surface area contributed by atoms with E-state index in [4.69, 9.17) is 0 Å². The van der Waals surface area contributed by atoms with Crippen molar-refractivity contribution in [2.24, 2.45) is 100 Å². The van der Waals surface area contributed by atoms with E-state index >= 15 is 9.59 Å². The minimum absolute atomic E-state index is 0.0322. The molecule has 0 aliphatic heterocycles. The van der Waals surface area contributed by atoms with Gasteiger partial charge in [0.05, 0.1) is 54.5 Å². The maximum atomic E-state index is 15.1. The third kappa shape index (κ3) is 7.35. The molecule has 8 saturated carbocycles. The number of nitrogens with zero attached hydrogens (tertiary/aromatic N) is 3. The van der Waals surface area contributed by atoms with Crippen molar-refractivity contribution >= 4 is 11.8 Å². The summed E-state index contributed by atoms with van der Waals surface area (Å²) in [5.74, 6) is 1.52. The number of carbonyl (C=O) groups excluding carboxylic acids is 2. The van der Waals surface area contributed by atoms with Gasteiger partial charge < -0.3 is 31.1 Å². The summed E-state index contributed by atoms with van der Waals surface area (Å²) < 4.78 is 1.75. The second-order valence-corrected chi connectivity index (χ2v) is 32.6. The highest BCUT2D eigenvalue weighted by Crippen LogP contribution is 2.78. The number of allylic oxidation sites excluding steroid dienone is 4.